The summed E-state index contributed by atoms with van der Waals surface area (Å²) in [5, 5.41) is 1.36. The highest BCUT2D eigenvalue weighted by Gasteiger charge is 2.27. The van der Waals surface area contributed by atoms with Crippen LogP contribution in [0.3, 0.4) is 0 Å². The minimum absolute atomic E-state index is 0.250. The van der Waals surface area contributed by atoms with Gasteiger partial charge in [0.1, 0.15) is 5.82 Å². The van der Waals surface area contributed by atoms with Gasteiger partial charge in [0.25, 0.3) is 5.91 Å². The Kier molecular flexibility index (Phi) is 5.43. The minimum Gasteiger partial charge on any atom is -0.286 e. The molecule has 0 atom stereocenters. The van der Waals surface area contributed by atoms with Crippen molar-refractivity contribution in [3.05, 3.63) is 69.5 Å². The number of rotatable bonds is 3. The molecule has 2 aromatic rings. The third kappa shape index (κ3) is 3.74. The Bertz CT molecular complexity index is 813. The number of carbonyl (C=O) groups is 1. The summed E-state index contributed by atoms with van der Waals surface area (Å²) in [5.41, 5.74) is 0.913. The fraction of sp³-hybridized carbons (Fsp3) is 0.176. The molecule has 1 amide bonds. The zero-order valence-electron chi connectivity index (χ0n) is 12.5. The van der Waals surface area contributed by atoms with Crippen LogP contribution in [0, 0.1) is 5.82 Å². The quantitative estimate of drug-likeness (QED) is 0.757. The van der Waals surface area contributed by atoms with Gasteiger partial charge in [-0.1, -0.05) is 53.2 Å². The Labute approximate surface area is 153 Å². The fourth-order valence-corrected chi connectivity index (χ4v) is 3.70. The molecule has 0 saturated heterocycles. The molecule has 0 fully saturated rings. The molecular weight excluding hydrogens is 370 g/mol. The first-order valence-corrected chi connectivity index (χ1v) is 8.98. The monoisotopic (exact) mass is 382 g/mol. The maximum Gasteiger partial charge on any atom is 0.261 e. The number of thioether (sulfide) groups is 1. The number of benzene rings is 2. The van der Waals surface area contributed by atoms with Crippen molar-refractivity contribution in [2.75, 3.05) is 13.1 Å². The maximum atomic E-state index is 13.7. The van der Waals surface area contributed by atoms with Crippen LogP contribution in [-0.4, -0.2) is 29.1 Å². The number of hydrogen-bond donors (Lipinski definition) is 0. The first-order chi connectivity index (χ1) is 11.6. The van der Waals surface area contributed by atoms with E-state index in [1.54, 1.807) is 41.3 Å². The summed E-state index contributed by atoms with van der Waals surface area (Å²) < 4.78 is 13.7. The largest absolute Gasteiger partial charge is 0.286 e. The summed E-state index contributed by atoms with van der Waals surface area (Å²) in [5.74, 6) is -0.113. The second kappa shape index (κ2) is 7.55. The van der Waals surface area contributed by atoms with Gasteiger partial charge in [0.15, 0.2) is 5.17 Å². The van der Waals surface area contributed by atoms with Crippen LogP contribution in [0.25, 0.3) is 0 Å². The molecule has 1 aliphatic rings. The highest BCUT2D eigenvalue weighted by molar-refractivity contribution is 8.13. The molecular formula is C17H13Cl2FN2OS. The number of halogens is 3. The van der Waals surface area contributed by atoms with E-state index < -0.39 is 0 Å². The van der Waals surface area contributed by atoms with Crippen molar-refractivity contribution in [3.8, 4) is 0 Å². The lowest BCUT2D eigenvalue weighted by molar-refractivity contribution is 0.0861. The van der Waals surface area contributed by atoms with Crippen LogP contribution >= 0.6 is 35.0 Å². The first kappa shape index (κ1) is 17.3. The second-order valence-electron chi connectivity index (χ2n) is 5.13. The minimum atomic E-state index is -0.264. The Morgan fingerprint density at radius 1 is 1.25 bits per heavy atom. The number of carbonyl (C=O) groups excluding carboxylic acids is 1. The van der Waals surface area contributed by atoms with Gasteiger partial charge in [-0.2, -0.15) is 0 Å². The summed E-state index contributed by atoms with van der Waals surface area (Å²) >= 11 is 13.4. The molecule has 124 valence electrons. The molecule has 0 bridgehead atoms. The van der Waals surface area contributed by atoms with Gasteiger partial charge in [0, 0.05) is 17.3 Å². The van der Waals surface area contributed by atoms with Gasteiger partial charge in [-0.25, -0.2) is 4.39 Å². The molecule has 2 aromatic carbocycles. The highest BCUT2D eigenvalue weighted by Crippen LogP contribution is 2.26. The normalized spacial score (nSPS) is 14.0. The average Bonchev–Trinajstić information content (AvgIpc) is 3.04. The third-order valence-electron chi connectivity index (χ3n) is 3.52. The summed E-state index contributed by atoms with van der Waals surface area (Å²) in [4.78, 5) is 18.6. The standard InChI is InChI=1S/C17H13Cl2FN2OS/c18-12-5-6-14(19)13(9-12)16(23)22-8-7-21-17(22)24-10-11-3-1-2-4-15(11)20/h1-6,9H,7-8,10H2. The lowest BCUT2D eigenvalue weighted by atomic mass is 10.2. The Morgan fingerprint density at radius 2 is 2.04 bits per heavy atom. The van der Waals surface area contributed by atoms with Crippen LogP contribution in [0.4, 0.5) is 4.39 Å². The van der Waals surface area contributed by atoms with Gasteiger partial charge in [0.05, 0.1) is 17.1 Å². The molecule has 0 aliphatic carbocycles. The van der Waals surface area contributed by atoms with Gasteiger partial charge in [-0.15, -0.1) is 0 Å². The van der Waals surface area contributed by atoms with Crippen molar-refractivity contribution >= 4 is 46.0 Å². The summed E-state index contributed by atoms with van der Waals surface area (Å²) in [7, 11) is 0. The number of nitrogens with zero attached hydrogens (tertiary/aromatic N) is 2. The Hall–Kier alpha value is -1.56. The summed E-state index contributed by atoms with van der Waals surface area (Å²) in [6.07, 6.45) is 0. The molecule has 1 aliphatic heterocycles. The Balaban J connectivity index is 1.74. The van der Waals surface area contributed by atoms with E-state index >= 15 is 0 Å². The van der Waals surface area contributed by atoms with E-state index in [9.17, 15) is 9.18 Å². The predicted octanol–water partition coefficient (Wildman–Crippen LogP) is 4.88. The zero-order valence-corrected chi connectivity index (χ0v) is 14.8. The topological polar surface area (TPSA) is 32.7 Å². The van der Waals surface area contributed by atoms with E-state index in [0.717, 1.165) is 0 Å². The van der Waals surface area contributed by atoms with Crippen LogP contribution in [0.5, 0.6) is 0 Å². The van der Waals surface area contributed by atoms with E-state index in [1.165, 1.54) is 17.8 Å². The molecule has 0 aromatic heterocycles. The molecule has 0 N–H and O–H groups in total. The molecule has 0 radical (unpaired) electrons. The number of amidine groups is 1. The number of amides is 1. The molecule has 1 heterocycles. The summed E-state index contributed by atoms with van der Waals surface area (Å²) in [6.45, 7) is 0.991. The molecule has 3 nitrogen and oxygen atoms in total. The molecule has 0 unspecified atom stereocenters. The van der Waals surface area contributed by atoms with Gasteiger partial charge in [0.2, 0.25) is 0 Å². The maximum absolute atomic E-state index is 13.7. The van der Waals surface area contributed by atoms with E-state index in [2.05, 4.69) is 4.99 Å². The molecule has 24 heavy (non-hydrogen) atoms. The SMILES string of the molecule is O=C(c1cc(Cl)ccc1Cl)N1CCN=C1SCc1ccccc1F. The molecule has 3 rings (SSSR count). The summed E-state index contributed by atoms with van der Waals surface area (Å²) in [6, 6.07) is 11.3. The molecule has 7 heteroatoms. The van der Waals surface area contributed by atoms with Crippen molar-refractivity contribution in [1.82, 2.24) is 4.90 Å². The smallest absolute Gasteiger partial charge is 0.261 e. The molecule has 0 spiro atoms. The van der Waals surface area contributed by atoms with Crippen LogP contribution < -0.4 is 0 Å². The van der Waals surface area contributed by atoms with Crippen molar-refractivity contribution in [1.29, 1.82) is 0 Å². The first-order valence-electron chi connectivity index (χ1n) is 7.24. The fourth-order valence-electron chi connectivity index (χ4n) is 2.30. The Morgan fingerprint density at radius 3 is 2.83 bits per heavy atom. The van der Waals surface area contributed by atoms with Crippen molar-refractivity contribution in [3.63, 3.8) is 0 Å². The van der Waals surface area contributed by atoms with Crippen LogP contribution in [0.1, 0.15) is 15.9 Å². The predicted molar refractivity (Wildman–Crippen MR) is 97.5 cm³/mol. The van der Waals surface area contributed by atoms with Crippen molar-refractivity contribution in [2.24, 2.45) is 4.99 Å². The molecule has 0 saturated carbocycles. The van der Waals surface area contributed by atoms with Gasteiger partial charge in [-0.05, 0) is 29.8 Å². The van der Waals surface area contributed by atoms with E-state index in [1.807, 2.05) is 0 Å². The van der Waals surface area contributed by atoms with Gasteiger partial charge >= 0.3 is 0 Å². The van der Waals surface area contributed by atoms with E-state index in [0.29, 0.717) is 45.2 Å². The van der Waals surface area contributed by atoms with Crippen molar-refractivity contribution < 1.29 is 9.18 Å². The lowest BCUT2D eigenvalue weighted by Gasteiger charge is -2.18. The number of hydrogen-bond acceptors (Lipinski definition) is 3. The zero-order chi connectivity index (χ0) is 17.1. The van der Waals surface area contributed by atoms with E-state index in [4.69, 9.17) is 23.2 Å². The van der Waals surface area contributed by atoms with Crippen LogP contribution in [0.2, 0.25) is 10.0 Å². The third-order valence-corrected chi connectivity index (χ3v) is 5.15. The van der Waals surface area contributed by atoms with E-state index in [-0.39, 0.29) is 11.7 Å². The number of aliphatic imine (C=N–C) groups is 1. The lowest BCUT2D eigenvalue weighted by Crippen LogP contribution is -2.33. The van der Waals surface area contributed by atoms with Gasteiger partial charge < -0.3 is 0 Å². The van der Waals surface area contributed by atoms with Crippen molar-refractivity contribution in [2.45, 2.75) is 5.75 Å². The highest BCUT2D eigenvalue weighted by atomic mass is 35.5. The average molecular weight is 383 g/mol. The van der Waals surface area contributed by atoms with Gasteiger partial charge in [-0.3, -0.25) is 14.7 Å². The van der Waals surface area contributed by atoms with Crippen LogP contribution in [-0.2, 0) is 5.75 Å². The van der Waals surface area contributed by atoms with Crippen LogP contribution in [0.15, 0.2) is 47.5 Å². The second-order valence-corrected chi connectivity index (χ2v) is 6.91.